The zero-order valence-electron chi connectivity index (χ0n) is 17.6. The van der Waals surface area contributed by atoms with Crippen molar-refractivity contribution in [1.29, 1.82) is 0 Å². The molecule has 0 unspecified atom stereocenters. The molecule has 3 N–H and O–H groups in total. The number of carboxylic acid groups (broad SMARTS) is 1. The summed E-state index contributed by atoms with van der Waals surface area (Å²) in [5, 5.41) is 17.7. The van der Waals surface area contributed by atoms with Crippen molar-refractivity contribution in [2.45, 2.75) is 61.9 Å². The van der Waals surface area contributed by atoms with Crippen LogP contribution in [0.25, 0.3) is 0 Å². The fourth-order valence-electron chi connectivity index (χ4n) is 6.29. The van der Waals surface area contributed by atoms with Crippen LogP contribution >= 0.6 is 23.2 Å². The van der Waals surface area contributed by atoms with E-state index in [1.807, 2.05) is 18.2 Å². The standard InChI is InChI=1S/C25H26Cl2N2O3/c26-16-8-4-7-15(12-16)21-22(23(30)31)29-20(11-14-5-2-1-3-6-14)25(21)18-10-9-17(27)13-19(18)28-24(25)32/h4,7-10,12-14,20-22,29H,1-3,5-6,11H2,(H,28,32)(H,30,31)/t20-,21+,22-,25+/m1/s1. The zero-order valence-corrected chi connectivity index (χ0v) is 19.1. The van der Waals surface area contributed by atoms with Gasteiger partial charge in [-0.25, -0.2) is 0 Å². The van der Waals surface area contributed by atoms with Crippen molar-refractivity contribution in [3.8, 4) is 0 Å². The Balaban J connectivity index is 1.70. The van der Waals surface area contributed by atoms with Crippen LogP contribution in [0.15, 0.2) is 42.5 Å². The van der Waals surface area contributed by atoms with E-state index in [0.717, 1.165) is 30.4 Å². The summed E-state index contributed by atoms with van der Waals surface area (Å²) in [6.07, 6.45) is 6.60. The van der Waals surface area contributed by atoms with Crippen LogP contribution in [0.1, 0.15) is 55.6 Å². The molecular formula is C25H26Cl2N2O3. The quantitative estimate of drug-likeness (QED) is 0.559. The Bertz CT molecular complexity index is 1070. The molecule has 3 aliphatic rings. The summed E-state index contributed by atoms with van der Waals surface area (Å²) < 4.78 is 0. The molecule has 4 atom stereocenters. The first-order valence-corrected chi connectivity index (χ1v) is 12.0. The first kappa shape index (κ1) is 21.7. The number of aliphatic carboxylic acids is 1. The average molecular weight is 473 g/mol. The van der Waals surface area contributed by atoms with Gasteiger partial charge in [0.15, 0.2) is 0 Å². The number of benzene rings is 2. The fraction of sp³-hybridized carbons (Fsp3) is 0.440. The molecule has 2 aromatic carbocycles. The third-order valence-electron chi connectivity index (χ3n) is 7.57. The topological polar surface area (TPSA) is 78.4 Å². The molecule has 1 spiro atoms. The van der Waals surface area contributed by atoms with E-state index in [1.54, 1.807) is 24.3 Å². The third-order valence-corrected chi connectivity index (χ3v) is 8.04. The zero-order chi connectivity index (χ0) is 22.5. The smallest absolute Gasteiger partial charge is 0.321 e. The van der Waals surface area contributed by atoms with Crippen LogP contribution in [0.4, 0.5) is 5.69 Å². The normalized spacial score (nSPS) is 29.8. The van der Waals surface area contributed by atoms with Crippen LogP contribution in [-0.2, 0) is 15.0 Å². The minimum absolute atomic E-state index is 0.170. The van der Waals surface area contributed by atoms with Gasteiger partial charge in [0, 0.05) is 27.7 Å². The lowest BCUT2D eigenvalue weighted by Gasteiger charge is -2.37. The first-order chi connectivity index (χ1) is 15.4. The predicted molar refractivity (Wildman–Crippen MR) is 125 cm³/mol. The Morgan fingerprint density at radius 3 is 2.53 bits per heavy atom. The molecule has 0 aromatic heterocycles. The van der Waals surface area contributed by atoms with Crippen LogP contribution in [0, 0.1) is 5.92 Å². The number of fused-ring (bicyclic) bond motifs is 2. The van der Waals surface area contributed by atoms with Crippen molar-refractivity contribution in [3.63, 3.8) is 0 Å². The van der Waals surface area contributed by atoms with Gasteiger partial charge < -0.3 is 10.4 Å². The molecule has 1 aliphatic carbocycles. The highest BCUT2D eigenvalue weighted by atomic mass is 35.5. The van der Waals surface area contributed by atoms with Crippen LogP contribution < -0.4 is 10.6 Å². The number of amides is 1. The van der Waals surface area contributed by atoms with Gasteiger partial charge in [0.25, 0.3) is 0 Å². The molecule has 5 rings (SSSR count). The van der Waals surface area contributed by atoms with Crippen LogP contribution in [0.3, 0.4) is 0 Å². The van der Waals surface area contributed by atoms with Gasteiger partial charge in [-0.3, -0.25) is 14.9 Å². The van der Waals surface area contributed by atoms with Crippen molar-refractivity contribution >= 4 is 40.8 Å². The Kier molecular flexibility index (Phi) is 5.68. The molecule has 2 fully saturated rings. The van der Waals surface area contributed by atoms with Gasteiger partial charge in [0.05, 0.1) is 0 Å². The average Bonchev–Trinajstić information content (AvgIpc) is 3.24. The minimum Gasteiger partial charge on any atom is -0.480 e. The molecule has 0 bridgehead atoms. The lowest BCUT2D eigenvalue weighted by Crippen LogP contribution is -2.49. The molecule has 2 aromatic rings. The van der Waals surface area contributed by atoms with Crippen molar-refractivity contribution in [3.05, 3.63) is 63.6 Å². The van der Waals surface area contributed by atoms with E-state index in [9.17, 15) is 14.7 Å². The lowest BCUT2D eigenvalue weighted by atomic mass is 9.63. The molecule has 1 amide bonds. The largest absolute Gasteiger partial charge is 0.480 e. The van der Waals surface area contributed by atoms with Gasteiger partial charge in [-0.15, -0.1) is 0 Å². The molecule has 2 heterocycles. The summed E-state index contributed by atoms with van der Waals surface area (Å²) in [6.45, 7) is 0. The van der Waals surface area contributed by atoms with Gasteiger partial charge in [0.2, 0.25) is 5.91 Å². The summed E-state index contributed by atoms with van der Waals surface area (Å²) in [7, 11) is 0. The molecule has 2 aliphatic heterocycles. The van der Waals surface area contributed by atoms with Gasteiger partial charge in [-0.05, 0) is 47.7 Å². The number of rotatable bonds is 4. The highest BCUT2D eigenvalue weighted by Crippen LogP contribution is 2.56. The Morgan fingerprint density at radius 1 is 1.06 bits per heavy atom. The number of carbonyl (C=O) groups excluding carboxylic acids is 1. The second kappa shape index (κ2) is 8.36. The van der Waals surface area contributed by atoms with E-state index >= 15 is 0 Å². The SMILES string of the molecule is O=C(O)[C@@H]1N[C@H](CC2CCCCC2)[C@]2(C(=O)Nc3cc(Cl)ccc32)[C@H]1c1cccc(Cl)c1. The maximum absolute atomic E-state index is 13.8. The van der Waals surface area contributed by atoms with Crippen LogP contribution in [0.2, 0.25) is 10.0 Å². The predicted octanol–water partition coefficient (Wildman–Crippen LogP) is 5.36. The highest BCUT2D eigenvalue weighted by molar-refractivity contribution is 6.31. The molecule has 0 radical (unpaired) electrons. The van der Waals surface area contributed by atoms with E-state index in [2.05, 4.69) is 10.6 Å². The van der Waals surface area contributed by atoms with Gasteiger partial charge in [-0.1, -0.05) is 73.5 Å². The third kappa shape index (κ3) is 3.42. The second-order valence-electron chi connectivity index (χ2n) is 9.32. The van der Waals surface area contributed by atoms with E-state index in [4.69, 9.17) is 23.2 Å². The summed E-state index contributed by atoms with van der Waals surface area (Å²) >= 11 is 12.5. The Morgan fingerprint density at radius 2 is 1.81 bits per heavy atom. The molecule has 7 heteroatoms. The summed E-state index contributed by atoms with van der Waals surface area (Å²) in [5.74, 6) is -1.27. The molecule has 32 heavy (non-hydrogen) atoms. The molecule has 5 nitrogen and oxygen atoms in total. The van der Waals surface area contributed by atoms with Gasteiger partial charge >= 0.3 is 5.97 Å². The number of carbonyl (C=O) groups is 2. The number of nitrogens with one attached hydrogen (secondary N) is 2. The monoisotopic (exact) mass is 472 g/mol. The molecule has 1 saturated carbocycles. The first-order valence-electron chi connectivity index (χ1n) is 11.3. The van der Waals surface area contributed by atoms with E-state index < -0.39 is 23.3 Å². The number of hydrogen-bond acceptors (Lipinski definition) is 3. The number of hydrogen-bond donors (Lipinski definition) is 3. The van der Waals surface area contributed by atoms with E-state index in [-0.39, 0.29) is 11.9 Å². The van der Waals surface area contributed by atoms with E-state index in [1.165, 1.54) is 19.3 Å². The summed E-state index contributed by atoms with van der Waals surface area (Å²) in [5.41, 5.74) is 1.18. The highest BCUT2D eigenvalue weighted by Gasteiger charge is 2.65. The van der Waals surface area contributed by atoms with Gasteiger partial charge in [0.1, 0.15) is 11.5 Å². The van der Waals surface area contributed by atoms with Crippen LogP contribution in [-0.4, -0.2) is 29.1 Å². The number of carboxylic acids is 1. The van der Waals surface area contributed by atoms with Gasteiger partial charge in [-0.2, -0.15) is 0 Å². The number of anilines is 1. The summed E-state index contributed by atoms with van der Waals surface area (Å²) in [6, 6.07) is 11.4. The Labute approximate surface area is 197 Å². The Hall–Kier alpha value is -2.08. The minimum atomic E-state index is -1.05. The van der Waals surface area contributed by atoms with Crippen molar-refractivity contribution < 1.29 is 14.7 Å². The molecule has 1 saturated heterocycles. The maximum atomic E-state index is 13.8. The molecular weight excluding hydrogens is 447 g/mol. The maximum Gasteiger partial charge on any atom is 0.321 e. The lowest BCUT2D eigenvalue weighted by molar-refractivity contribution is -0.139. The number of halogens is 2. The van der Waals surface area contributed by atoms with Crippen molar-refractivity contribution in [1.82, 2.24) is 5.32 Å². The van der Waals surface area contributed by atoms with E-state index in [0.29, 0.717) is 21.7 Å². The van der Waals surface area contributed by atoms with Crippen molar-refractivity contribution in [2.24, 2.45) is 5.92 Å². The van der Waals surface area contributed by atoms with Crippen molar-refractivity contribution in [2.75, 3.05) is 5.32 Å². The fourth-order valence-corrected chi connectivity index (χ4v) is 6.66. The molecule has 168 valence electrons. The summed E-state index contributed by atoms with van der Waals surface area (Å²) in [4.78, 5) is 26.3. The second-order valence-corrected chi connectivity index (χ2v) is 10.2. The van der Waals surface area contributed by atoms with Crippen LogP contribution in [0.5, 0.6) is 0 Å².